The number of fused-ring (bicyclic) bond motifs is 1. The van der Waals surface area contributed by atoms with Crippen molar-refractivity contribution >= 4 is 22.6 Å². The van der Waals surface area contributed by atoms with Crippen molar-refractivity contribution in [1.82, 2.24) is 24.6 Å². The lowest BCUT2D eigenvalue weighted by atomic mass is 10.1. The number of benzene rings is 2. The molecule has 1 amide bonds. The van der Waals surface area contributed by atoms with Gasteiger partial charge < -0.3 is 5.32 Å². The molecule has 4 rings (SSSR count). The van der Waals surface area contributed by atoms with Crippen LogP contribution in [0.2, 0.25) is 0 Å². The van der Waals surface area contributed by atoms with Crippen LogP contribution in [0.25, 0.3) is 11.0 Å². The molecule has 35 heavy (non-hydrogen) atoms. The quantitative estimate of drug-likeness (QED) is 0.316. The van der Waals surface area contributed by atoms with E-state index in [1.54, 1.807) is 12.1 Å². The molecule has 2 heterocycles. The van der Waals surface area contributed by atoms with E-state index in [9.17, 15) is 32.9 Å². The molecule has 0 bridgehead atoms. The number of hydrogen-bond donors (Lipinski definition) is 1. The number of hydrogen-bond acceptors (Lipinski definition) is 6. The third-order valence-corrected chi connectivity index (χ3v) is 5.21. The van der Waals surface area contributed by atoms with Crippen LogP contribution in [0.5, 0.6) is 0 Å². The molecule has 0 aliphatic carbocycles. The fourth-order valence-corrected chi connectivity index (χ4v) is 3.38. The Morgan fingerprint density at radius 2 is 1.77 bits per heavy atom. The van der Waals surface area contributed by atoms with E-state index in [4.69, 9.17) is 0 Å². The second-order valence-corrected chi connectivity index (χ2v) is 7.54. The lowest BCUT2D eigenvalue weighted by molar-refractivity contribution is -0.384. The van der Waals surface area contributed by atoms with E-state index < -0.39 is 22.6 Å². The normalized spacial score (nSPS) is 11.5. The lowest BCUT2D eigenvalue weighted by Crippen LogP contribution is -2.28. The molecule has 180 valence electrons. The summed E-state index contributed by atoms with van der Waals surface area (Å²) < 4.78 is 40.7. The molecule has 2 aromatic carbocycles. The molecule has 0 atom stereocenters. The van der Waals surface area contributed by atoms with Gasteiger partial charge in [-0.3, -0.25) is 24.3 Å². The Bertz CT molecular complexity index is 1440. The second-order valence-electron chi connectivity index (χ2n) is 7.54. The van der Waals surface area contributed by atoms with E-state index >= 15 is 0 Å². The summed E-state index contributed by atoms with van der Waals surface area (Å²) in [5, 5.41) is 17.8. The predicted octanol–water partition coefficient (Wildman–Crippen LogP) is 3.00. The predicted molar refractivity (Wildman–Crippen MR) is 118 cm³/mol. The summed E-state index contributed by atoms with van der Waals surface area (Å²) in [4.78, 5) is 39.5. The third kappa shape index (κ3) is 5.18. The smallest absolute Gasteiger partial charge is 0.350 e. The van der Waals surface area contributed by atoms with Gasteiger partial charge in [-0.15, -0.1) is 0 Å². The van der Waals surface area contributed by atoms with Crippen LogP contribution in [0.15, 0.2) is 65.8 Å². The third-order valence-electron chi connectivity index (χ3n) is 5.21. The molecule has 4 aromatic rings. The van der Waals surface area contributed by atoms with Gasteiger partial charge in [0.25, 0.3) is 17.2 Å². The van der Waals surface area contributed by atoms with Crippen LogP contribution in [0, 0.1) is 10.1 Å². The molecule has 0 spiro atoms. The minimum Gasteiger partial charge on any atom is -0.350 e. The molecule has 2 aromatic heterocycles. The summed E-state index contributed by atoms with van der Waals surface area (Å²) >= 11 is 0. The highest BCUT2D eigenvalue weighted by atomic mass is 19.4. The second kappa shape index (κ2) is 9.37. The number of nitrogens with one attached hydrogen (secondary N) is 1. The largest absolute Gasteiger partial charge is 0.416 e. The topological polar surface area (TPSA) is 125 Å². The van der Waals surface area contributed by atoms with Crippen molar-refractivity contribution in [3.8, 4) is 0 Å². The molecular formula is C22H17F3N6O4. The van der Waals surface area contributed by atoms with Crippen LogP contribution in [0.4, 0.5) is 18.9 Å². The van der Waals surface area contributed by atoms with E-state index in [2.05, 4.69) is 15.4 Å². The summed E-state index contributed by atoms with van der Waals surface area (Å²) in [6.45, 7) is 0.438. The number of alkyl halides is 3. The molecule has 1 N–H and O–H groups in total. The molecule has 0 saturated carbocycles. The number of carbonyl (C=O) groups excluding carboxylic acids is 1. The summed E-state index contributed by atoms with van der Waals surface area (Å²) in [5.74, 6) is -0.548. The van der Waals surface area contributed by atoms with Crippen LogP contribution >= 0.6 is 0 Å². The Balaban J connectivity index is 1.41. The highest BCUT2D eigenvalue weighted by molar-refractivity contribution is 5.94. The number of nitro groups is 1. The number of carbonyl (C=O) groups is 1. The van der Waals surface area contributed by atoms with Gasteiger partial charge in [-0.2, -0.15) is 18.3 Å². The summed E-state index contributed by atoms with van der Waals surface area (Å²) in [5.41, 5.74) is -0.191. The van der Waals surface area contributed by atoms with Gasteiger partial charge in [0.2, 0.25) is 0 Å². The maximum absolute atomic E-state index is 12.8. The van der Waals surface area contributed by atoms with E-state index in [1.165, 1.54) is 33.9 Å². The Labute approximate surface area is 194 Å². The number of nitrogens with zero attached hydrogens (tertiary/aromatic N) is 5. The van der Waals surface area contributed by atoms with Crippen LogP contribution < -0.4 is 10.9 Å². The van der Waals surface area contributed by atoms with Gasteiger partial charge in [0.15, 0.2) is 5.65 Å². The molecule has 0 unspecified atom stereocenters. The van der Waals surface area contributed by atoms with E-state index in [0.29, 0.717) is 11.2 Å². The highest BCUT2D eigenvalue weighted by Gasteiger charge is 2.30. The Morgan fingerprint density at radius 3 is 2.40 bits per heavy atom. The number of halogens is 3. The van der Waals surface area contributed by atoms with Gasteiger partial charge in [-0.05, 0) is 29.8 Å². The zero-order valence-corrected chi connectivity index (χ0v) is 17.9. The molecule has 13 heteroatoms. The lowest BCUT2D eigenvalue weighted by Gasteiger charge is -2.09. The molecule has 0 fully saturated rings. The molecule has 0 saturated heterocycles. The summed E-state index contributed by atoms with van der Waals surface area (Å²) in [6.07, 6.45) is -1.79. The van der Waals surface area contributed by atoms with E-state index in [0.717, 1.165) is 24.3 Å². The van der Waals surface area contributed by atoms with Crippen molar-refractivity contribution in [2.24, 2.45) is 0 Å². The fourth-order valence-electron chi connectivity index (χ4n) is 3.38. The number of amides is 1. The van der Waals surface area contributed by atoms with Gasteiger partial charge in [-0.1, -0.05) is 12.1 Å². The van der Waals surface area contributed by atoms with Gasteiger partial charge in [0.05, 0.1) is 29.8 Å². The number of aromatic nitrogens is 4. The van der Waals surface area contributed by atoms with Crippen LogP contribution in [-0.4, -0.2) is 36.7 Å². The number of nitro benzene ring substituents is 1. The Hall–Kier alpha value is -4.55. The van der Waals surface area contributed by atoms with Crippen molar-refractivity contribution in [2.75, 3.05) is 6.54 Å². The van der Waals surface area contributed by atoms with Crippen LogP contribution in [0.3, 0.4) is 0 Å². The van der Waals surface area contributed by atoms with Crippen molar-refractivity contribution in [3.63, 3.8) is 0 Å². The monoisotopic (exact) mass is 486 g/mol. The summed E-state index contributed by atoms with van der Waals surface area (Å²) in [7, 11) is 0. The highest BCUT2D eigenvalue weighted by Crippen LogP contribution is 2.29. The van der Waals surface area contributed by atoms with Crippen LogP contribution in [0.1, 0.15) is 21.5 Å². The molecule has 0 radical (unpaired) electrons. The minimum atomic E-state index is -4.48. The van der Waals surface area contributed by atoms with Crippen molar-refractivity contribution in [2.45, 2.75) is 19.3 Å². The number of non-ortho nitro benzene ring substituents is 1. The van der Waals surface area contributed by atoms with Gasteiger partial charge in [0, 0.05) is 24.2 Å². The van der Waals surface area contributed by atoms with E-state index in [-0.39, 0.29) is 41.8 Å². The maximum atomic E-state index is 12.8. The van der Waals surface area contributed by atoms with Crippen molar-refractivity contribution < 1.29 is 22.9 Å². The average molecular weight is 486 g/mol. The molecule has 10 nitrogen and oxygen atoms in total. The molecule has 0 aliphatic heterocycles. The first kappa shape index (κ1) is 23.6. The van der Waals surface area contributed by atoms with E-state index in [1.807, 2.05) is 0 Å². The zero-order chi connectivity index (χ0) is 25.2. The van der Waals surface area contributed by atoms with Crippen molar-refractivity contribution in [1.29, 1.82) is 0 Å². The SMILES string of the molecule is O=C(NCCn1ncc2c(=O)n(Cc3ccc([N+](=O)[O-])cc3)cnc21)c1ccc(C(F)(F)F)cc1. The zero-order valence-electron chi connectivity index (χ0n) is 17.9. The van der Waals surface area contributed by atoms with Crippen LogP contribution in [-0.2, 0) is 19.3 Å². The minimum absolute atomic E-state index is 0.0543. The molecular weight excluding hydrogens is 469 g/mol. The average Bonchev–Trinajstić information content (AvgIpc) is 3.24. The van der Waals surface area contributed by atoms with Gasteiger partial charge in [0.1, 0.15) is 11.7 Å². The Morgan fingerprint density at radius 1 is 1.09 bits per heavy atom. The number of rotatable bonds is 7. The van der Waals surface area contributed by atoms with Crippen molar-refractivity contribution in [3.05, 3.63) is 98.2 Å². The van der Waals surface area contributed by atoms with Gasteiger partial charge >= 0.3 is 6.18 Å². The maximum Gasteiger partial charge on any atom is 0.416 e. The fraction of sp³-hybridized carbons (Fsp3) is 0.182. The summed E-state index contributed by atoms with van der Waals surface area (Å²) in [6, 6.07) is 9.66. The first-order chi connectivity index (χ1) is 16.6. The Kier molecular flexibility index (Phi) is 6.32. The molecule has 0 aliphatic rings. The van der Waals surface area contributed by atoms with Gasteiger partial charge in [-0.25, -0.2) is 9.67 Å². The first-order valence-electron chi connectivity index (χ1n) is 10.2. The standard InChI is InChI=1S/C22H17F3N6O4/c23-22(24,25)16-5-3-15(4-6-16)20(32)26-9-10-30-19-18(11-28-30)21(33)29(13-27-19)12-14-1-7-17(8-2-14)31(34)35/h1-8,11,13H,9-10,12H2,(H,26,32). The first-order valence-corrected chi connectivity index (χ1v) is 10.2.